The van der Waals surface area contributed by atoms with Crippen LogP contribution in [0.25, 0.3) is 0 Å². The number of carbonyl (C=O) groups is 1. The first-order valence-corrected chi connectivity index (χ1v) is 5.14. The summed E-state index contributed by atoms with van der Waals surface area (Å²) in [6, 6.07) is 7.11. The van der Waals surface area contributed by atoms with Gasteiger partial charge in [0.25, 0.3) is 0 Å². The van der Waals surface area contributed by atoms with Gasteiger partial charge in [-0.05, 0) is 12.1 Å². The minimum absolute atomic E-state index is 0.357. The Morgan fingerprint density at radius 2 is 2.21 bits per heavy atom. The zero-order valence-electron chi connectivity index (χ0n) is 7.71. The Morgan fingerprint density at radius 1 is 1.50 bits per heavy atom. The number of methoxy groups -OCH3 is 1. The van der Waals surface area contributed by atoms with E-state index in [9.17, 15) is 4.79 Å². The minimum Gasteiger partial charge on any atom is -0.465 e. The highest BCUT2D eigenvalue weighted by Gasteiger charge is 2.08. The molecule has 0 aliphatic rings. The molecule has 0 radical (unpaired) electrons. The van der Waals surface area contributed by atoms with Crippen LogP contribution in [0.1, 0.15) is 15.9 Å². The third kappa shape index (κ3) is 2.61. The van der Waals surface area contributed by atoms with Crippen LogP contribution in [0.5, 0.6) is 0 Å². The first kappa shape index (κ1) is 10.8. The molecule has 72 valence electrons. The maximum atomic E-state index is 11.3. The highest BCUT2D eigenvalue weighted by atomic mass is 79.9. The number of esters is 1. The standard InChI is InChI=1S/C11H9BrO2/c1-14-11(13)10-7-3-2-5-9(10)6-4-8-12/h2-3,5,7H,8H2,1H3. The largest absolute Gasteiger partial charge is 0.465 e. The van der Waals surface area contributed by atoms with Crippen LogP contribution in [-0.4, -0.2) is 18.4 Å². The van der Waals surface area contributed by atoms with Gasteiger partial charge >= 0.3 is 5.97 Å². The lowest BCUT2D eigenvalue weighted by Crippen LogP contribution is -2.03. The Labute approximate surface area is 91.4 Å². The van der Waals surface area contributed by atoms with E-state index >= 15 is 0 Å². The van der Waals surface area contributed by atoms with E-state index in [1.165, 1.54) is 7.11 Å². The van der Waals surface area contributed by atoms with Crippen LogP contribution in [-0.2, 0) is 4.74 Å². The summed E-state index contributed by atoms with van der Waals surface area (Å²) < 4.78 is 4.64. The molecule has 2 nitrogen and oxygen atoms in total. The zero-order chi connectivity index (χ0) is 10.4. The molecule has 3 heteroatoms. The topological polar surface area (TPSA) is 26.3 Å². The van der Waals surface area contributed by atoms with E-state index in [4.69, 9.17) is 0 Å². The number of carbonyl (C=O) groups excluding carboxylic acids is 1. The summed E-state index contributed by atoms with van der Waals surface area (Å²) in [4.78, 5) is 11.3. The highest BCUT2D eigenvalue weighted by Crippen LogP contribution is 2.08. The summed E-state index contributed by atoms with van der Waals surface area (Å²) in [5, 5.41) is 0.586. The molecule has 0 aromatic heterocycles. The fraction of sp³-hybridized carbons (Fsp3) is 0.182. The van der Waals surface area contributed by atoms with Crippen LogP contribution in [0.3, 0.4) is 0 Å². The van der Waals surface area contributed by atoms with Crippen molar-refractivity contribution in [2.45, 2.75) is 0 Å². The number of hydrogen-bond donors (Lipinski definition) is 0. The lowest BCUT2D eigenvalue weighted by molar-refractivity contribution is 0.0600. The van der Waals surface area contributed by atoms with E-state index in [0.29, 0.717) is 16.5 Å². The van der Waals surface area contributed by atoms with Gasteiger partial charge in [0.2, 0.25) is 0 Å². The minimum atomic E-state index is -0.357. The van der Waals surface area contributed by atoms with Crippen molar-refractivity contribution in [2.75, 3.05) is 12.4 Å². The number of ether oxygens (including phenoxy) is 1. The van der Waals surface area contributed by atoms with Crippen LogP contribution in [0.4, 0.5) is 0 Å². The normalized spacial score (nSPS) is 8.71. The van der Waals surface area contributed by atoms with Crippen molar-refractivity contribution in [3.8, 4) is 11.8 Å². The van der Waals surface area contributed by atoms with Crippen molar-refractivity contribution in [3.63, 3.8) is 0 Å². The number of halogens is 1. The third-order valence-electron chi connectivity index (χ3n) is 1.62. The van der Waals surface area contributed by atoms with Crippen molar-refractivity contribution < 1.29 is 9.53 Å². The SMILES string of the molecule is COC(=O)c1ccccc1C#CCBr. The van der Waals surface area contributed by atoms with Gasteiger partial charge in [-0.15, -0.1) is 0 Å². The lowest BCUT2D eigenvalue weighted by atomic mass is 10.1. The second kappa shape index (κ2) is 5.46. The number of alkyl halides is 1. The van der Waals surface area contributed by atoms with Crippen LogP contribution >= 0.6 is 15.9 Å². The number of rotatable bonds is 1. The maximum Gasteiger partial charge on any atom is 0.339 e. The second-order valence-corrected chi connectivity index (χ2v) is 3.03. The molecule has 0 bridgehead atoms. The molecule has 0 N–H and O–H groups in total. The fourth-order valence-electron chi connectivity index (χ4n) is 1.01. The molecule has 1 aromatic rings. The van der Waals surface area contributed by atoms with Crippen molar-refractivity contribution in [1.29, 1.82) is 0 Å². The Kier molecular flexibility index (Phi) is 4.21. The van der Waals surface area contributed by atoms with Crippen molar-refractivity contribution in [3.05, 3.63) is 35.4 Å². The average molecular weight is 253 g/mol. The average Bonchev–Trinajstić information content (AvgIpc) is 2.25. The smallest absolute Gasteiger partial charge is 0.339 e. The van der Waals surface area contributed by atoms with E-state index in [0.717, 1.165) is 0 Å². The predicted molar refractivity (Wildman–Crippen MR) is 58.5 cm³/mol. The Balaban J connectivity index is 3.09. The van der Waals surface area contributed by atoms with Gasteiger partial charge in [0.15, 0.2) is 0 Å². The first-order valence-electron chi connectivity index (χ1n) is 4.01. The van der Waals surface area contributed by atoms with Gasteiger partial charge in [0.1, 0.15) is 0 Å². The number of benzene rings is 1. The van der Waals surface area contributed by atoms with Gasteiger partial charge in [0, 0.05) is 5.56 Å². The molecule has 0 aliphatic heterocycles. The molecule has 0 unspecified atom stereocenters. The van der Waals surface area contributed by atoms with E-state index in [2.05, 4.69) is 32.5 Å². The summed E-state index contributed by atoms with van der Waals surface area (Å²) in [5.74, 6) is 5.37. The quantitative estimate of drug-likeness (QED) is 0.435. The predicted octanol–water partition coefficient (Wildman–Crippen LogP) is 2.22. The molecular weight excluding hydrogens is 244 g/mol. The van der Waals surface area contributed by atoms with Crippen LogP contribution in [0.15, 0.2) is 24.3 Å². The van der Waals surface area contributed by atoms with Crippen molar-refractivity contribution in [2.24, 2.45) is 0 Å². The maximum absolute atomic E-state index is 11.3. The molecule has 0 aliphatic carbocycles. The van der Waals surface area contributed by atoms with E-state index in [1.807, 2.05) is 6.07 Å². The van der Waals surface area contributed by atoms with E-state index in [-0.39, 0.29) is 5.97 Å². The second-order valence-electron chi connectivity index (χ2n) is 2.47. The van der Waals surface area contributed by atoms with E-state index < -0.39 is 0 Å². The summed E-state index contributed by atoms with van der Waals surface area (Å²) in [5.41, 5.74) is 1.20. The summed E-state index contributed by atoms with van der Waals surface area (Å²) >= 11 is 3.20. The summed E-state index contributed by atoms with van der Waals surface area (Å²) in [7, 11) is 1.36. The van der Waals surface area contributed by atoms with Gasteiger partial charge in [0.05, 0.1) is 18.0 Å². The fourth-order valence-corrected chi connectivity index (χ4v) is 1.15. The summed E-state index contributed by atoms with van der Waals surface area (Å²) in [6.45, 7) is 0. The van der Waals surface area contributed by atoms with Crippen LogP contribution in [0, 0.1) is 11.8 Å². The van der Waals surface area contributed by atoms with Crippen LogP contribution < -0.4 is 0 Å². The van der Waals surface area contributed by atoms with Gasteiger partial charge in [-0.25, -0.2) is 4.79 Å². The molecule has 0 fully saturated rings. The monoisotopic (exact) mass is 252 g/mol. The molecule has 0 spiro atoms. The van der Waals surface area contributed by atoms with Crippen molar-refractivity contribution >= 4 is 21.9 Å². The van der Waals surface area contributed by atoms with Crippen molar-refractivity contribution in [1.82, 2.24) is 0 Å². The van der Waals surface area contributed by atoms with Gasteiger partial charge in [-0.2, -0.15) is 0 Å². The molecule has 1 rings (SSSR count). The molecule has 1 aromatic carbocycles. The Morgan fingerprint density at radius 3 is 2.86 bits per heavy atom. The molecule has 0 atom stereocenters. The molecular formula is C11H9BrO2. The van der Waals surface area contributed by atoms with Gasteiger partial charge < -0.3 is 4.74 Å². The van der Waals surface area contributed by atoms with Gasteiger partial charge in [-0.3, -0.25) is 0 Å². The molecule has 14 heavy (non-hydrogen) atoms. The van der Waals surface area contributed by atoms with Gasteiger partial charge in [-0.1, -0.05) is 39.9 Å². The first-order chi connectivity index (χ1) is 6.79. The highest BCUT2D eigenvalue weighted by molar-refractivity contribution is 9.09. The molecule has 0 heterocycles. The third-order valence-corrected chi connectivity index (χ3v) is 1.90. The Hall–Kier alpha value is -1.27. The number of hydrogen-bond acceptors (Lipinski definition) is 2. The molecule has 0 saturated carbocycles. The van der Waals surface area contributed by atoms with E-state index in [1.54, 1.807) is 18.2 Å². The Bertz CT molecular complexity index is 388. The molecule has 0 saturated heterocycles. The van der Waals surface area contributed by atoms with Crippen LogP contribution in [0.2, 0.25) is 0 Å². The zero-order valence-corrected chi connectivity index (χ0v) is 9.30. The molecule has 0 amide bonds. The summed E-state index contributed by atoms with van der Waals surface area (Å²) in [6.07, 6.45) is 0. The lowest BCUT2D eigenvalue weighted by Gasteiger charge is -2.00.